The van der Waals surface area contributed by atoms with E-state index in [1.165, 1.54) is 107 Å². The summed E-state index contributed by atoms with van der Waals surface area (Å²) in [6.45, 7) is 0. The van der Waals surface area contributed by atoms with Crippen molar-refractivity contribution in [3.8, 4) is 75.1 Å². The minimum absolute atomic E-state index is 0.859. The number of furan rings is 4. The van der Waals surface area contributed by atoms with Crippen LogP contribution < -0.4 is 0 Å². The Bertz CT molecular complexity index is 7610. The van der Waals surface area contributed by atoms with Gasteiger partial charge in [0.15, 0.2) is 0 Å². The van der Waals surface area contributed by atoms with Crippen LogP contribution in [0.2, 0.25) is 0 Å². The van der Waals surface area contributed by atoms with Crippen molar-refractivity contribution in [2.24, 2.45) is 0 Å². The first-order valence-corrected chi connectivity index (χ1v) is 39.7. The predicted molar refractivity (Wildman–Crippen MR) is 437 cm³/mol. The Hall–Kier alpha value is -10.5. The summed E-state index contributed by atoms with van der Waals surface area (Å²) >= 11 is 14.7. The van der Waals surface area contributed by atoms with Gasteiger partial charge in [-0.05, 0) is 222 Å². The average molecular weight is 1420 g/mol. The van der Waals surface area contributed by atoms with E-state index >= 15 is 0 Å². The molecule has 4 nitrogen and oxygen atoms in total. The van der Waals surface area contributed by atoms with E-state index in [0.29, 0.717) is 0 Å². The van der Waals surface area contributed by atoms with Crippen molar-refractivity contribution < 1.29 is 17.7 Å². The monoisotopic (exact) mass is 1420 g/mol. The van der Waals surface area contributed by atoms with Gasteiger partial charge in [-0.2, -0.15) is 0 Å². The Labute approximate surface area is 598 Å². The number of hydrogen-bond donors (Lipinski definition) is 0. The van der Waals surface area contributed by atoms with Crippen LogP contribution in [-0.4, -0.2) is 0 Å². The maximum Gasteiger partial charge on any atom is 0.143 e. The molecule has 12 heterocycles. The second-order valence-corrected chi connectivity index (χ2v) is 34.2. The molecule has 0 bridgehead atoms. The van der Waals surface area contributed by atoms with Crippen LogP contribution in [0.5, 0.6) is 0 Å². The second-order valence-electron chi connectivity index (χ2n) is 26.1. The third kappa shape index (κ3) is 8.09. The van der Waals surface area contributed by atoms with Crippen molar-refractivity contribution in [2.45, 2.75) is 0 Å². The quantitative estimate of drug-likeness (QED) is 0.160. The molecule has 0 fully saturated rings. The Balaban J connectivity index is 0.562. The van der Waals surface area contributed by atoms with Crippen LogP contribution in [0.15, 0.2) is 270 Å². The summed E-state index contributed by atoms with van der Waals surface area (Å²) in [5, 5.41) is 27.0. The fraction of sp³-hybridized carbons (Fsp3) is 0. The number of thiophene rings is 8. The van der Waals surface area contributed by atoms with Crippen molar-refractivity contribution in [3.05, 3.63) is 252 Å². The van der Waals surface area contributed by atoms with Gasteiger partial charge in [-0.15, -0.1) is 90.7 Å². The van der Waals surface area contributed by atoms with E-state index in [-0.39, 0.29) is 0 Å². The molecule has 0 aliphatic heterocycles. The molecule has 0 aliphatic rings. The Morgan fingerprint density at radius 3 is 1.10 bits per heavy atom. The molecule has 0 N–H and O–H groups in total. The first-order chi connectivity index (χ1) is 49.4. The molecule has 24 aromatic rings. The largest absolute Gasteiger partial charge is 0.455 e. The van der Waals surface area contributed by atoms with Crippen molar-refractivity contribution in [2.75, 3.05) is 0 Å². The molecular weight excluding hydrogens is 1380 g/mol. The lowest BCUT2D eigenvalue weighted by Crippen LogP contribution is -1.83. The molecule has 0 spiro atoms. The summed E-state index contributed by atoms with van der Waals surface area (Å²) in [5.41, 5.74) is 18.8. The topological polar surface area (TPSA) is 52.6 Å². The molecule has 0 amide bonds. The van der Waals surface area contributed by atoms with E-state index < -0.39 is 0 Å². The van der Waals surface area contributed by atoms with E-state index in [4.69, 9.17) is 17.7 Å². The zero-order valence-electron chi connectivity index (χ0n) is 52.1. The highest BCUT2D eigenvalue weighted by Gasteiger charge is 2.24. The first kappa shape index (κ1) is 55.4. The molecule has 0 saturated carbocycles. The minimum Gasteiger partial charge on any atom is -0.455 e. The standard InChI is InChI=1S/C88H42O4S8/c1-2-4-60-54(3-1)63(78-40-81-74(98-78)24-27-94-81)36-66-58-19-7-45(34-71(58)91-86(60)66)46-8-20-59-67-37-64(79-41-82-75(99-79)25-28-95-82)55-16-9-49(31-65(55)87(67)92-72(59)35-46)68-42-96-83-39-77(100-88(68)83)51-13-15-53-48(30-51)11-22-62-57-18-6-44(33-70(57)90-85(53)62)43-5-17-56-61-21-10-47-29-50(76-38-80-73(97-76)23-26-93-80)12-14-52(47)84(61)89-69(56)32-43/h1-42H. The van der Waals surface area contributed by atoms with Gasteiger partial charge in [0.2, 0.25) is 0 Å². The highest BCUT2D eigenvalue weighted by molar-refractivity contribution is 7.31. The van der Waals surface area contributed by atoms with Crippen LogP contribution in [0.3, 0.4) is 0 Å². The molecule has 0 atom stereocenters. The van der Waals surface area contributed by atoms with E-state index in [9.17, 15) is 0 Å². The summed E-state index contributed by atoms with van der Waals surface area (Å²) in [4.78, 5) is 5.08. The maximum atomic E-state index is 7.17. The third-order valence-corrected chi connectivity index (χ3v) is 29.4. The molecule has 0 unspecified atom stereocenters. The van der Waals surface area contributed by atoms with Gasteiger partial charge in [-0.1, -0.05) is 84.9 Å². The van der Waals surface area contributed by atoms with Gasteiger partial charge in [-0.25, -0.2) is 0 Å². The zero-order valence-corrected chi connectivity index (χ0v) is 58.7. The van der Waals surface area contributed by atoms with Gasteiger partial charge in [-0.3, -0.25) is 0 Å². The molecule has 466 valence electrons. The first-order valence-electron chi connectivity index (χ1n) is 33.0. The van der Waals surface area contributed by atoms with Gasteiger partial charge in [0.25, 0.3) is 0 Å². The molecule has 12 heteroatoms. The van der Waals surface area contributed by atoms with Crippen molar-refractivity contribution in [1.29, 1.82) is 0 Å². The number of rotatable bonds is 7. The van der Waals surface area contributed by atoms with Gasteiger partial charge < -0.3 is 17.7 Å². The number of fused-ring (bicyclic) bond motifs is 24. The van der Waals surface area contributed by atoms with E-state index in [1.54, 1.807) is 34.0 Å². The second kappa shape index (κ2) is 20.6. The number of hydrogen-bond acceptors (Lipinski definition) is 12. The van der Waals surface area contributed by atoms with Crippen LogP contribution in [-0.2, 0) is 0 Å². The van der Waals surface area contributed by atoms with Gasteiger partial charge >= 0.3 is 0 Å². The average Bonchev–Trinajstić information content (AvgIpc) is 1.56. The smallest absolute Gasteiger partial charge is 0.143 e. The minimum atomic E-state index is 0.859. The lowest BCUT2D eigenvalue weighted by Gasteiger charge is -2.09. The van der Waals surface area contributed by atoms with Crippen LogP contribution in [0, 0.1) is 0 Å². The molecule has 100 heavy (non-hydrogen) atoms. The molecule has 12 aromatic heterocycles. The Morgan fingerprint density at radius 1 is 0.210 bits per heavy atom. The highest BCUT2D eigenvalue weighted by atomic mass is 32.1. The molecule has 0 aliphatic carbocycles. The van der Waals surface area contributed by atoms with Crippen molar-refractivity contribution in [3.63, 3.8) is 0 Å². The molecular formula is C88H42O4S8. The summed E-state index contributed by atoms with van der Waals surface area (Å²) < 4.78 is 38.2. The molecule has 12 aromatic carbocycles. The number of benzene rings is 12. The lowest BCUT2D eigenvalue weighted by molar-refractivity contribution is 0.672. The molecule has 0 radical (unpaired) electrons. The SMILES string of the molecule is c1ccc2c(c1)c(-c1cc3sccc3s1)cc1c3ccc(-c4ccc5c(c4)oc4c6cc(-c7csc8cc(-c9ccc%10c(ccc%11c%12ccc(-c%13ccc%14c(c%13)oc%13c%15ccc(-c%16cc%17sccc%17s%16)cc%15ccc%14%13)cc%12oc%10%11)c9)sc78)ccc6c(-c6cc7sccc7s6)cc54)cc3oc21. The van der Waals surface area contributed by atoms with Gasteiger partial charge in [0.1, 0.15) is 44.7 Å². The normalized spacial score (nSPS) is 12.6. The van der Waals surface area contributed by atoms with E-state index in [0.717, 1.165) is 137 Å². The molecule has 0 saturated heterocycles. The van der Waals surface area contributed by atoms with Gasteiger partial charge in [0, 0.05) is 139 Å². The fourth-order valence-corrected chi connectivity index (χ4v) is 24.6. The summed E-state index contributed by atoms with van der Waals surface area (Å²) in [6.07, 6.45) is 0. The van der Waals surface area contributed by atoms with Crippen LogP contribution in [0.25, 0.3) is 244 Å². The third-order valence-electron chi connectivity index (χ3n) is 20.7. The Kier molecular flexibility index (Phi) is 11.4. The maximum absolute atomic E-state index is 7.17. The van der Waals surface area contributed by atoms with Crippen molar-refractivity contribution >= 4 is 259 Å². The predicted octanol–water partition coefficient (Wildman–Crippen LogP) is 30.7. The van der Waals surface area contributed by atoms with Crippen LogP contribution >= 0.6 is 90.7 Å². The summed E-state index contributed by atoms with van der Waals surface area (Å²) in [7, 11) is 0. The van der Waals surface area contributed by atoms with E-state index in [1.807, 2.05) is 56.7 Å². The van der Waals surface area contributed by atoms with Crippen LogP contribution in [0.4, 0.5) is 0 Å². The van der Waals surface area contributed by atoms with Crippen molar-refractivity contribution in [1.82, 2.24) is 0 Å². The lowest BCUT2D eigenvalue weighted by atomic mass is 9.95. The Morgan fingerprint density at radius 2 is 0.580 bits per heavy atom. The summed E-state index contributed by atoms with van der Waals surface area (Å²) in [5.74, 6) is 0. The van der Waals surface area contributed by atoms with Crippen LogP contribution in [0.1, 0.15) is 0 Å². The molecule has 24 rings (SSSR count). The van der Waals surface area contributed by atoms with Gasteiger partial charge in [0.05, 0.1) is 4.70 Å². The highest BCUT2D eigenvalue weighted by Crippen LogP contribution is 2.51. The summed E-state index contributed by atoms with van der Waals surface area (Å²) in [6, 6.07) is 85.6. The van der Waals surface area contributed by atoms with E-state index in [2.05, 4.69) is 252 Å². The fourth-order valence-electron chi connectivity index (χ4n) is 15.8. The zero-order chi connectivity index (χ0) is 64.7.